The number of aromatic hydroxyl groups is 1. The number of para-hydroxylation sites is 1. The molecular formula is C23H24N2O3. The lowest BCUT2D eigenvalue weighted by Gasteiger charge is -2.31. The molecule has 1 aliphatic rings. The van der Waals surface area contributed by atoms with Gasteiger partial charge >= 0.3 is 0 Å². The number of carbonyl (C=O) groups is 1. The molecule has 5 heteroatoms. The number of anilines is 1. The molecule has 1 amide bonds. The number of hydrogen-bond donors (Lipinski definition) is 1. The minimum absolute atomic E-state index is 0.0111. The van der Waals surface area contributed by atoms with E-state index in [1.807, 2.05) is 36.4 Å². The molecule has 5 nitrogen and oxygen atoms in total. The van der Waals surface area contributed by atoms with Crippen molar-refractivity contribution < 1.29 is 14.6 Å². The van der Waals surface area contributed by atoms with Gasteiger partial charge in [-0.25, -0.2) is 0 Å². The van der Waals surface area contributed by atoms with Crippen LogP contribution in [-0.2, 0) is 11.3 Å². The average molecular weight is 376 g/mol. The van der Waals surface area contributed by atoms with E-state index in [2.05, 4.69) is 17.0 Å². The highest BCUT2D eigenvalue weighted by Crippen LogP contribution is 2.27. The Kier molecular flexibility index (Phi) is 5.17. The number of rotatable bonds is 4. The molecule has 4 rings (SSSR count). The van der Waals surface area contributed by atoms with Gasteiger partial charge in [0.1, 0.15) is 5.75 Å². The van der Waals surface area contributed by atoms with Crippen LogP contribution in [0.15, 0.2) is 60.7 Å². The van der Waals surface area contributed by atoms with Crippen molar-refractivity contribution in [2.75, 3.05) is 38.3 Å². The maximum atomic E-state index is 13.0. The molecule has 1 N–H and O–H groups in total. The molecule has 0 aromatic heterocycles. The van der Waals surface area contributed by atoms with Crippen molar-refractivity contribution in [3.05, 3.63) is 71.8 Å². The monoisotopic (exact) mass is 376 g/mol. The highest BCUT2D eigenvalue weighted by atomic mass is 16.5. The SMILES string of the molecule is CN(Cc1ccccc1N1CCOCC1)C(=O)c1cc2ccccc2cc1O. The number of nitrogens with zero attached hydrogens (tertiary/aromatic N) is 2. The molecule has 0 spiro atoms. The molecule has 3 aromatic carbocycles. The van der Waals surface area contributed by atoms with Crippen LogP contribution >= 0.6 is 0 Å². The van der Waals surface area contributed by atoms with Crippen molar-refractivity contribution in [1.82, 2.24) is 4.90 Å². The maximum Gasteiger partial charge on any atom is 0.257 e. The molecule has 1 aliphatic heterocycles. The molecule has 0 atom stereocenters. The fraction of sp³-hybridized carbons (Fsp3) is 0.261. The zero-order chi connectivity index (χ0) is 19.5. The van der Waals surface area contributed by atoms with Gasteiger partial charge in [0, 0.05) is 32.4 Å². The first kappa shape index (κ1) is 18.3. The second-order valence-electron chi connectivity index (χ2n) is 7.11. The summed E-state index contributed by atoms with van der Waals surface area (Å²) in [6.45, 7) is 3.60. The number of ether oxygens (including phenoxy) is 1. The number of fused-ring (bicyclic) bond motifs is 1. The van der Waals surface area contributed by atoms with Crippen molar-refractivity contribution in [2.24, 2.45) is 0 Å². The predicted molar refractivity (Wildman–Crippen MR) is 111 cm³/mol. The van der Waals surface area contributed by atoms with Gasteiger partial charge in [-0.2, -0.15) is 0 Å². The van der Waals surface area contributed by atoms with E-state index in [0.29, 0.717) is 25.3 Å². The minimum Gasteiger partial charge on any atom is -0.507 e. The van der Waals surface area contributed by atoms with E-state index < -0.39 is 0 Å². The molecule has 0 saturated carbocycles. The first-order valence-electron chi connectivity index (χ1n) is 9.51. The lowest BCUT2D eigenvalue weighted by Crippen LogP contribution is -2.37. The third-order valence-corrected chi connectivity index (χ3v) is 5.19. The quantitative estimate of drug-likeness (QED) is 0.755. The van der Waals surface area contributed by atoms with Gasteiger partial charge < -0.3 is 19.6 Å². The van der Waals surface area contributed by atoms with E-state index in [-0.39, 0.29) is 11.7 Å². The summed E-state index contributed by atoms with van der Waals surface area (Å²) in [4.78, 5) is 17.0. The normalized spacial score (nSPS) is 14.2. The molecule has 0 aliphatic carbocycles. The molecular weight excluding hydrogens is 352 g/mol. The van der Waals surface area contributed by atoms with Crippen molar-refractivity contribution in [2.45, 2.75) is 6.54 Å². The van der Waals surface area contributed by atoms with Gasteiger partial charge in [-0.05, 0) is 34.5 Å². The number of benzene rings is 3. The average Bonchev–Trinajstić information content (AvgIpc) is 2.73. The van der Waals surface area contributed by atoms with Crippen molar-refractivity contribution in [1.29, 1.82) is 0 Å². The largest absolute Gasteiger partial charge is 0.507 e. The second-order valence-corrected chi connectivity index (χ2v) is 7.11. The van der Waals surface area contributed by atoms with E-state index in [1.54, 1.807) is 24.1 Å². The molecule has 144 valence electrons. The van der Waals surface area contributed by atoms with Crippen molar-refractivity contribution in [3.63, 3.8) is 0 Å². The van der Waals surface area contributed by atoms with Gasteiger partial charge in [0.05, 0.1) is 18.8 Å². The smallest absolute Gasteiger partial charge is 0.257 e. The van der Waals surface area contributed by atoms with Gasteiger partial charge in [-0.3, -0.25) is 4.79 Å². The van der Waals surface area contributed by atoms with E-state index in [4.69, 9.17) is 4.74 Å². The number of amides is 1. The maximum absolute atomic E-state index is 13.0. The summed E-state index contributed by atoms with van der Waals surface area (Å²) in [7, 11) is 1.77. The summed E-state index contributed by atoms with van der Waals surface area (Å²) >= 11 is 0. The van der Waals surface area contributed by atoms with Crippen LogP contribution in [0, 0.1) is 0 Å². The van der Waals surface area contributed by atoms with E-state index in [9.17, 15) is 9.90 Å². The number of phenolic OH excluding ortho intramolecular Hbond substituents is 1. The highest BCUT2D eigenvalue weighted by molar-refractivity contribution is 6.01. The van der Waals surface area contributed by atoms with Crippen LogP contribution in [0.3, 0.4) is 0 Å². The Balaban J connectivity index is 1.58. The Bertz CT molecular complexity index is 996. The summed E-state index contributed by atoms with van der Waals surface area (Å²) in [5, 5.41) is 12.2. The van der Waals surface area contributed by atoms with Crippen molar-refractivity contribution in [3.8, 4) is 5.75 Å². The van der Waals surface area contributed by atoms with Gasteiger partial charge in [0.2, 0.25) is 0 Å². The third-order valence-electron chi connectivity index (χ3n) is 5.19. The number of carbonyl (C=O) groups excluding carboxylic acids is 1. The summed E-state index contributed by atoms with van der Waals surface area (Å²) in [6.07, 6.45) is 0. The van der Waals surface area contributed by atoms with E-state index >= 15 is 0 Å². The van der Waals surface area contributed by atoms with Crippen LogP contribution in [0.4, 0.5) is 5.69 Å². The lowest BCUT2D eigenvalue weighted by atomic mass is 10.0. The van der Waals surface area contributed by atoms with Crippen LogP contribution in [0.2, 0.25) is 0 Å². The fourth-order valence-corrected chi connectivity index (χ4v) is 3.69. The first-order chi connectivity index (χ1) is 13.6. The standard InChI is InChI=1S/C23H24N2O3/c1-24(16-19-8-4-5-9-21(19)25-10-12-28-13-11-25)23(27)20-14-17-6-2-3-7-18(17)15-22(20)26/h2-9,14-15,26H,10-13,16H2,1H3. The van der Waals surface area contributed by atoms with Crippen LogP contribution in [-0.4, -0.2) is 49.3 Å². The third kappa shape index (κ3) is 3.66. The fourth-order valence-electron chi connectivity index (χ4n) is 3.69. The van der Waals surface area contributed by atoms with Gasteiger partial charge in [0.25, 0.3) is 5.91 Å². The van der Waals surface area contributed by atoms with Gasteiger partial charge in [-0.15, -0.1) is 0 Å². The number of phenols is 1. The van der Waals surface area contributed by atoms with Crippen LogP contribution in [0.25, 0.3) is 10.8 Å². The second kappa shape index (κ2) is 7.90. The van der Waals surface area contributed by atoms with Crippen LogP contribution in [0.5, 0.6) is 5.75 Å². The Morgan fingerprint density at radius 1 is 1.04 bits per heavy atom. The molecule has 28 heavy (non-hydrogen) atoms. The Morgan fingerprint density at radius 2 is 1.68 bits per heavy atom. The van der Waals surface area contributed by atoms with Crippen LogP contribution < -0.4 is 4.90 Å². The highest BCUT2D eigenvalue weighted by Gasteiger charge is 2.20. The molecule has 1 saturated heterocycles. The minimum atomic E-state index is -0.194. The molecule has 1 heterocycles. The Hall–Kier alpha value is -3.05. The Morgan fingerprint density at radius 3 is 2.43 bits per heavy atom. The van der Waals surface area contributed by atoms with E-state index in [0.717, 1.165) is 35.1 Å². The lowest BCUT2D eigenvalue weighted by molar-refractivity contribution is 0.0782. The Labute approximate surface area is 164 Å². The topological polar surface area (TPSA) is 53.0 Å². The first-order valence-corrected chi connectivity index (χ1v) is 9.51. The van der Waals surface area contributed by atoms with Gasteiger partial charge in [-0.1, -0.05) is 42.5 Å². The summed E-state index contributed by atoms with van der Waals surface area (Å²) < 4.78 is 5.45. The number of hydrogen-bond acceptors (Lipinski definition) is 4. The summed E-state index contributed by atoms with van der Waals surface area (Å²) in [6, 6.07) is 19.3. The molecule has 1 fully saturated rings. The summed E-state index contributed by atoms with van der Waals surface area (Å²) in [5.74, 6) is -0.183. The number of morpholine rings is 1. The molecule has 0 unspecified atom stereocenters. The summed E-state index contributed by atoms with van der Waals surface area (Å²) in [5.41, 5.74) is 2.54. The van der Waals surface area contributed by atoms with Gasteiger partial charge in [0.15, 0.2) is 0 Å². The van der Waals surface area contributed by atoms with Crippen LogP contribution in [0.1, 0.15) is 15.9 Å². The van der Waals surface area contributed by atoms with Crippen molar-refractivity contribution >= 4 is 22.4 Å². The molecule has 0 radical (unpaired) electrons. The molecule has 0 bridgehead atoms. The van der Waals surface area contributed by atoms with E-state index in [1.165, 1.54) is 0 Å². The molecule has 3 aromatic rings. The predicted octanol–water partition coefficient (Wildman–Crippen LogP) is 3.65. The zero-order valence-electron chi connectivity index (χ0n) is 16.0. The zero-order valence-corrected chi connectivity index (χ0v) is 16.0.